The maximum Gasteiger partial charge on any atom is 0.254 e. The van der Waals surface area contributed by atoms with Gasteiger partial charge in [0.2, 0.25) is 0 Å². The summed E-state index contributed by atoms with van der Waals surface area (Å²) in [6.07, 6.45) is 0.814. The molecule has 2 heterocycles. The van der Waals surface area contributed by atoms with Crippen LogP contribution in [0.1, 0.15) is 35.7 Å². The first-order chi connectivity index (χ1) is 6.48. The van der Waals surface area contributed by atoms with Crippen LogP contribution in [0.25, 0.3) is 0 Å². The lowest BCUT2D eigenvalue weighted by Crippen LogP contribution is -2.31. The maximum atomic E-state index is 11.6. The first-order valence-electron chi connectivity index (χ1n) is 4.85. The third kappa shape index (κ3) is 1.54. The molecule has 1 N–H and O–H groups in total. The summed E-state index contributed by atoms with van der Waals surface area (Å²) in [6.45, 7) is 6.82. The van der Waals surface area contributed by atoms with Crippen LogP contribution in [0.3, 0.4) is 0 Å². The van der Waals surface area contributed by atoms with Crippen molar-refractivity contribution in [3.63, 3.8) is 0 Å². The van der Waals surface area contributed by atoms with Crippen molar-refractivity contribution in [3.05, 3.63) is 23.2 Å². The highest BCUT2D eigenvalue weighted by molar-refractivity contribution is 5.95. The summed E-state index contributed by atoms with van der Waals surface area (Å²) in [7, 11) is 0. The van der Waals surface area contributed by atoms with E-state index in [1.54, 1.807) is 0 Å². The summed E-state index contributed by atoms with van der Waals surface area (Å²) < 4.78 is 5.53. The van der Waals surface area contributed by atoms with Crippen LogP contribution in [0.4, 0.5) is 0 Å². The highest BCUT2D eigenvalue weighted by Gasteiger charge is 2.29. The first-order valence-corrected chi connectivity index (χ1v) is 4.85. The van der Waals surface area contributed by atoms with Crippen LogP contribution in [0.2, 0.25) is 0 Å². The van der Waals surface area contributed by atoms with Crippen LogP contribution in [0.5, 0.6) is 0 Å². The molecule has 0 saturated heterocycles. The zero-order valence-corrected chi connectivity index (χ0v) is 8.81. The SMILES string of the molecule is Cc1cc2c(o1)CC(C)(C)CNC2=O. The standard InChI is InChI=1S/C11H15NO2/c1-7-4-8-9(14-7)5-11(2,3)6-12-10(8)13/h4H,5-6H2,1-3H3,(H,12,13). The van der Waals surface area contributed by atoms with E-state index in [9.17, 15) is 4.79 Å². The lowest BCUT2D eigenvalue weighted by molar-refractivity contribution is 0.0945. The molecule has 3 heteroatoms. The van der Waals surface area contributed by atoms with Gasteiger partial charge < -0.3 is 9.73 Å². The van der Waals surface area contributed by atoms with Gasteiger partial charge in [-0.15, -0.1) is 0 Å². The highest BCUT2D eigenvalue weighted by atomic mass is 16.3. The molecule has 2 rings (SSSR count). The van der Waals surface area contributed by atoms with E-state index in [4.69, 9.17) is 4.42 Å². The number of hydrogen-bond acceptors (Lipinski definition) is 2. The summed E-state index contributed by atoms with van der Waals surface area (Å²) in [5.74, 6) is 1.62. The number of amides is 1. The number of nitrogens with one attached hydrogen (secondary N) is 1. The third-order valence-corrected chi connectivity index (χ3v) is 2.54. The molecule has 0 atom stereocenters. The number of rotatable bonds is 0. The molecule has 1 aliphatic heterocycles. The Bertz CT molecular complexity index is 377. The molecule has 0 fully saturated rings. The van der Waals surface area contributed by atoms with Crippen molar-refractivity contribution in [3.8, 4) is 0 Å². The largest absolute Gasteiger partial charge is 0.466 e. The minimum atomic E-state index is -0.0116. The summed E-state index contributed by atoms with van der Waals surface area (Å²) in [4.78, 5) is 11.6. The smallest absolute Gasteiger partial charge is 0.254 e. The first kappa shape index (κ1) is 9.31. The van der Waals surface area contributed by atoms with E-state index in [1.807, 2.05) is 13.0 Å². The minimum absolute atomic E-state index is 0.0116. The Balaban J connectivity index is 2.45. The van der Waals surface area contributed by atoms with Crippen LogP contribution >= 0.6 is 0 Å². The van der Waals surface area contributed by atoms with Gasteiger partial charge in [-0.2, -0.15) is 0 Å². The van der Waals surface area contributed by atoms with E-state index in [2.05, 4.69) is 19.2 Å². The van der Waals surface area contributed by atoms with Gasteiger partial charge in [-0.1, -0.05) is 13.8 Å². The lowest BCUT2D eigenvalue weighted by Gasteiger charge is -2.20. The molecule has 14 heavy (non-hydrogen) atoms. The van der Waals surface area contributed by atoms with E-state index in [-0.39, 0.29) is 11.3 Å². The van der Waals surface area contributed by atoms with Crippen LogP contribution in [-0.4, -0.2) is 12.5 Å². The Kier molecular flexibility index (Phi) is 1.91. The Labute approximate surface area is 83.5 Å². The molecule has 0 unspecified atom stereocenters. The average Bonchev–Trinajstić information content (AvgIpc) is 2.37. The molecule has 0 radical (unpaired) electrons. The van der Waals surface area contributed by atoms with Gasteiger partial charge in [0.1, 0.15) is 11.5 Å². The Hall–Kier alpha value is -1.25. The lowest BCUT2D eigenvalue weighted by atomic mass is 9.88. The average molecular weight is 193 g/mol. The number of fused-ring (bicyclic) bond motifs is 1. The van der Waals surface area contributed by atoms with Crippen LogP contribution < -0.4 is 5.32 Å². The van der Waals surface area contributed by atoms with E-state index < -0.39 is 0 Å². The Morgan fingerprint density at radius 1 is 1.50 bits per heavy atom. The van der Waals surface area contributed by atoms with Crippen LogP contribution in [0, 0.1) is 12.3 Å². The van der Waals surface area contributed by atoms with E-state index >= 15 is 0 Å². The van der Waals surface area contributed by atoms with Gasteiger partial charge in [0.25, 0.3) is 5.91 Å². The van der Waals surface area contributed by atoms with Crippen molar-refractivity contribution < 1.29 is 9.21 Å². The van der Waals surface area contributed by atoms with Crippen LogP contribution in [-0.2, 0) is 6.42 Å². The van der Waals surface area contributed by atoms with Gasteiger partial charge in [0.15, 0.2) is 0 Å². The monoisotopic (exact) mass is 193 g/mol. The zero-order chi connectivity index (χ0) is 10.3. The molecule has 76 valence electrons. The van der Waals surface area contributed by atoms with Crippen molar-refractivity contribution in [2.75, 3.05) is 6.54 Å². The van der Waals surface area contributed by atoms with Gasteiger partial charge in [-0.25, -0.2) is 0 Å². The number of aryl methyl sites for hydroxylation is 1. The van der Waals surface area contributed by atoms with Crippen molar-refractivity contribution in [2.24, 2.45) is 5.41 Å². The fourth-order valence-electron chi connectivity index (χ4n) is 1.80. The molecule has 1 amide bonds. The number of carbonyl (C=O) groups excluding carboxylic acids is 1. The topological polar surface area (TPSA) is 42.2 Å². The predicted molar refractivity (Wildman–Crippen MR) is 53.3 cm³/mol. The molecule has 0 aliphatic carbocycles. The minimum Gasteiger partial charge on any atom is -0.466 e. The summed E-state index contributed by atoms with van der Waals surface area (Å²) in [6, 6.07) is 1.81. The molecule has 0 bridgehead atoms. The molecule has 0 saturated carbocycles. The molecular formula is C11H15NO2. The number of carbonyl (C=O) groups is 1. The zero-order valence-electron chi connectivity index (χ0n) is 8.81. The van der Waals surface area contributed by atoms with E-state index in [1.165, 1.54) is 0 Å². The number of furan rings is 1. The third-order valence-electron chi connectivity index (χ3n) is 2.54. The molecule has 0 spiro atoms. The summed E-state index contributed by atoms with van der Waals surface area (Å²) in [5.41, 5.74) is 0.777. The Morgan fingerprint density at radius 2 is 2.21 bits per heavy atom. The maximum absolute atomic E-state index is 11.6. The molecule has 3 nitrogen and oxygen atoms in total. The predicted octanol–water partition coefficient (Wildman–Crippen LogP) is 1.90. The Morgan fingerprint density at radius 3 is 2.93 bits per heavy atom. The van der Waals surface area contributed by atoms with Gasteiger partial charge >= 0.3 is 0 Å². The molecule has 1 aromatic rings. The van der Waals surface area contributed by atoms with Crippen molar-refractivity contribution in [1.29, 1.82) is 0 Å². The summed E-state index contributed by atoms with van der Waals surface area (Å²) >= 11 is 0. The molecule has 1 aliphatic rings. The fraction of sp³-hybridized carbons (Fsp3) is 0.545. The van der Waals surface area contributed by atoms with Crippen LogP contribution in [0.15, 0.2) is 10.5 Å². The normalized spacial score (nSPS) is 19.8. The van der Waals surface area contributed by atoms with Gasteiger partial charge in [0.05, 0.1) is 5.56 Å². The number of hydrogen-bond donors (Lipinski definition) is 1. The molecule has 0 aromatic carbocycles. The van der Waals surface area contributed by atoms with Crippen molar-refractivity contribution in [2.45, 2.75) is 27.2 Å². The fourth-order valence-corrected chi connectivity index (χ4v) is 1.80. The van der Waals surface area contributed by atoms with Gasteiger partial charge in [0, 0.05) is 13.0 Å². The second kappa shape index (κ2) is 2.87. The highest BCUT2D eigenvalue weighted by Crippen LogP contribution is 2.28. The molecular weight excluding hydrogens is 178 g/mol. The van der Waals surface area contributed by atoms with Gasteiger partial charge in [-0.3, -0.25) is 4.79 Å². The second-order valence-corrected chi connectivity index (χ2v) is 4.72. The second-order valence-electron chi connectivity index (χ2n) is 4.72. The van der Waals surface area contributed by atoms with E-state index in [0.29, 0.717) is 12.1 Å². The quantitative estimate of drug-likeness (QED) is 0.683. The van der Waals surface area contributed by atoms with Crippen molar-refractivity contribution in [1.82, 2.24) is 5.32 Å². The van der Waals surface area contributed by atoms with Crippen molar-refractivity contribution >= 4 is 5.91 Å². The summed E-state index contributed by atoms with van der Waals surface area (Å²) in [5, 5.41) is 2.91. The van der Waals surface area contributed by atoms with Gasteiger partial charge in [-0.05, 0) is 18.4 Å². The molecule has 1 aromatic heterocycles. The van der Waals surface area contributed by atoms with E-state index in [0.717, 1.165) is 17.9 Å².